The largest absolute Gasteiger partial charge is 0.480 e. The van der Waals surface area contributed by atoms with Crippen LogP contribution >= 0.6 is 0 Å². The Morgan fingerprint density at radius 3 is 2.39 bits per heavy atom. The lowest BCUT2D eigenvalue weighted by Gasteiger charge is -2.16. The highest BCUT2D eigenvalue weighted by molar-refractivity contribution is 5.97. The summed E-state index contributed by atoms with van der Waals surface area (Å²) >= 11 is 0. The number of ketones is 2. The molecule has 0 bridgehead atoms. The molecule has 0 fully saturated rings. The summed E-state index contributed by atoms with van der Waals surface area (Å²) in [6.45, 7) is 2.16. The number of carbonyl (C=O) groups excluding carboxylic acids is 4. The number of nitrogens with one attached hydrogen (secondary N) is 4. The fraction of sp³-hybridized carbons (Fsp3) is 0.500. The van der Waals surface area contributed by atoms with Gasteiger partial charge >= 0.3 is 5.97 Å². The summed E-state index contributed by atoms with van der Waals surface area (Å²) in [6, 6.07) is 5.04. The molecule has 0 aliphatic rings. The first-order valence-electron chi connectivity index (χ1n) is 18.5. The van der Waals surface area contributed by atoms with E-state index in [0.717, 1.165) is 12.8 Å². The maximum Gasteiger partial charge on any atom is 0.326 e. The van der Waals surface area contributed by atoms with Crippen molar-refractivity contribution in [3.63, 3.8) is 0 Å². The highest BCUT2D eigenvalue weighted by atomic mass is 16.5. The molecule has 302 valence electrons. The minimum Gasteiger partial charge on any atom is -0.480 e. The maximum atomic E-state index is 12.8. The standard InChI is InChI=1S/C38H51N9O9/c1-2-3-8-30(49)22-26(7-4-5-16-39)34(50)41-17-19-56-21-20-55-18-6-9-29(48)14-15-31(37(53)54)45-35(51)25-10-12-27(13-11-25)42-23-28-24-43-33-32(44-28)36(52)47-38(40)46-33/h1,10-13,24,26,31,42H,3-9,14-23,39H2,(H,41,50)(H,45,51)(H,53,54)(H3,40,43,46,47,52)/t26-,31+/m0/s1. The van der Waals surface area contributed by atoms with E-state index in [0.29, 0.717) is 43.8 Å². The molecule has 2 heterocycles. The molecule has 0 unspecified atom stereocenters. The van der Waals surface area contributed by atoms with Gasteiger partial charge in [0.25, 0.3) is 11.5 Å². The highest BCUT2D eigenvalue weighted by Crippen LogP contribution is 2.16. The first kappa shape index (κ1) is 44.6. The Morgan fingerprint density at radius 1 is 0.929 bits per heavy atom. The minimum atomic E-state index is -1.26. The number of ether oxygens (including phenoxy) is 2. The van der Waals surface area contributed by atoms with Crippen molar-refractivity contribution in [3.8, 4) is 12.3 Å². The number of aliphatic carboxylic acids is 1. The Morgan fingerprint density at radius 2 is 1.68 bits per heavy atom. The lowest BCUT2D eigenvalue weighted by atomic mass is 9.93. The number of fused-ring (bicyclic) bond motifs is 1. The Labute approximate surface area is 324 Å². The van der Waals surface area contributed by atoms with Gasteiger partial charge in [0.15, 0.2) is 11.2 Å². The maximum absolute atomic E-state index is 12.8. The van der Waals surface area contributed by atoms with Gasteiger partial charge in [-0.3, -0.25) is 29.0 Å². The van der Waals surface area contributed by atoms with Crippen molar-refractivity contribution in [1.82, 2.24) is 30.6 Å². The van der Waals surface area contributed by atoms with Crippen molar-refractivity contribution in [2.45, 2.75) is 76.8 Å². The van der Waals surface area contributed by atoms with Crippen LogP contribution < -0.4 is 33.0 Å². The van der Waals surface area contributed by atoms with Crippen LogP contribution in [0.1, 0.15) is 80.3 Å². The lowest BCUT2D eigenvalue weighted by molar-refractivity contribution is -0.139. The van der Waals surface area contributed by atoms with E-state index < -0.39 is 29.4 Å². The summed E-state index contributed by atoms with van der Waals surface area (Å²) in [5, 5.41) is 18.0. The molecule has 0 saturated carbocycles. The number of carbonyl (C=O) groups is 5. The molecule has 18 nitrogen and oxygen atoms in total. The molecule has 2 atom stereocenters. The molecule has 9 N–H and O–H groups in total. The van der Waals surface area contributed by atoms with Crippen LogP contribution in [0.3, 0.4) is 0 Å². The number of unbranched alkanes of at least 4 members (excludes halogenated alkanes) is 1. The van der Waals surface area contributed by atoms with E-state index in [2.05, 4.69) is 41.8 Å². The summed E-state index contributed by atoms with van der Waals surface area (Å²) < 4.78 is 11.0. The van der Waals surface area contributed by atoms with E-state index in [-0.39, 0.29) is 105 Å². The number of nitrogens with two attached hydrogens (primary N) is 2. The SMILES string of the molecule is C#CCCC(=O)C[C@H](CCCCN)C(=O)NCCOCCOCCCC(=O)CC[C@@H](NC(=O)c1ccc(NCc2cnc3nc(N)[nH]c(=O)c3n2)cc1)C(=O)O. The molecule has 0 radical (unpaired) electrons. The monoisotopic (exact) mass is 777 g/mol. The van der Waals surface area contributed by atoms with Crippen LogP contribution in [0.4, 0.5) is 11.6 Å². The molecule has 3 rings (SSSR count). The van der Waals surface area contributed by atoms with Crippen molar-refractivity contribution in [3.05, 3.63) is 52.1 Å². The van der Waals surface area contributed by atoms with Crippen LogP contribution in [0.2, 0.25) is 0 Å². The molecule has 2 amide bonds. The van der Waals surface area contributed by atoms with Gasteiger partial charge in [0.2, 0.25) is 11.9 Å². The molecule has 2 aromatic heterocycles. The number of Topliss-reactive ketones (excluding diaryl/α,β-unsaturated/α-hetero) is 2. The summed E-state index contributed by atoms with van der Waals surface area (Å²) in [5.74, 6) is -0.299. The molecular formula is C38H51N9O9. The van der Waals surface area contributed by atoms with Gasteiger partial charge in [0, 0.05) is 62.4 Å². The second-order valence-corrected chi connectivity index (χ2v) is 12.9. The molecule has 1 aromatic carbocycles. The number of hydrogen-bond donors (Lipinski definition) is 7. The highest BCUT2D eigenvalue weighted by Gasteiger charge is 2.23. The molecular weight excluding hydrogens is 726 g/mol. The third-order valence-corrected chi connectivity index (χ3v) is 8.48. The van der Waals surface area contributed by atoms with Gasteiger partial charge in [-0.25, -0.2) is 14.8 Å². The van der Waals surface area contributed by atoms with E-state index in [1.165, 1.54) is 18.3 Å². The van der Waals surface area contributed by atoms with E-state index in [9.17, 15) is 33.9 Å². The summed E-state index contributed by atoms with van der Waals surface area (Å²) in [5.41, 5.74) is 12.1. The van der Waals surface area contributed by atoms with Crippen LogP contribution in [0.25, 0.3) is 11.2 Å². The van der Waals surface area contributed by atoms with Crippen LogP contribution in [0.5, 0.6) is 0 Å². The Bertz CT molecular complexity index is 1860. The van der Waals surface area contributed by atoms with Gasteiger partial charge in [-0.2, -0.15) is 4.98 Å². The first-order chi connectivity index (χ1) is 27.0. The van der Waals surface area contributed by atoms with Gasteiger partial charge in [0.05, 0.1) is 38.3 Å². The molecule has 18 heteroatoms. The Balaban J connectivity index is 1.27. The van der Waals surface area contributed by atoms with Gasteiger partial charge in [-0.1, -0.05) is 6.42 Å². The number of nitrogen functional groups attached to an aromatic ring is 1. The van der Waals surface area contributed by atoms with Gasteiger partial charge < -0.3 is 42.0 Å². The summed E-state index contributed by atoms with van der Waals surface area (Å²) in [7, 11) is 0. The van der Waals surface area contributed by atoms with Crippen LogP contribution in [0, 0.1) is 18.3 Å². The fourth-order valence-electron chi connectivity index (χ4n) is 5.45. The van der Waals surface area contributed by atoms with Gasteiger partial charge in [-0.15, -0.1) is 12.3 Å². The number of hydrogen-bond acceptors (Lipinski definition) is 14. The smallest absolute Gasteiger partial charge is 0.326 e. The quantitative estimate of drug-likeness (QED) is 0.0406. The van der Waals surface area contributed by atoms with Crippen LogP contribution in [0.15, 0.2) is 35.3 Å². The number of aromatic amines is 1. The number of terminal acetylenes is 1. The second kappa shape index (κ2) is 24.6. The Kier molecular flexibility index (Phi) is 19.6. The predicted molar refractivity (Wildman–Crippen MR) is 207 cm³/mol. The van der Waals surface area contributed by atoms with Crippen LogP contribution in [-0.4, -0.2) is 100.0 Å². The second-order valence-electron chi connectivity index (χ2n) is 12.9. The number of aromatic nitrogens is 4. The topological polar surface area (TPSA) is 284 Å². The number of carboxylic acid groups (broad SMARTS) is 1. The number of amides is 2. The molecule has 0 aliphatic heterocycles. The number of carboxylic acids is 1. The number of H-pyrrole nitrogens is 1. The molecule has 0 saturated heterocycles. The zero-order chi connectivity index (χ0) is 40.7. The van der Waals surface area contributed by atoms with Crippen molar-refractivity contribution < 1.29 is 38.6 Å². The van der Waals surface area contributed by atoms with E-state index in [1.807, 2.05) is 0 Å². The van der Waals surface area contributed by atoms with E-state index in [4.69, 9.17) is 27.4 Å². The summed E-state index contributed by atoms with van der Waals surface area (Å²) in [4.78, 5) is 88.6. The third kappa shape index (κ3) is 16.3. The van der Waals surface area contributed by atoms with Gasteiger partial charge in [0.1, 0.15) is 17.6 Å². The minimum absolute atomic E-state index is 0.0329. The zero-order valence-corrected chi connectivity index (χ0v) is 31.3. The number of benzene rings is 1. The zero-order valence-electron chi connectivity index (χ0n) is 31.3. The Hall–Kier alpha value is -5.77. The van der Waals surface area contributed by atoms with Crippen molar-refractivity contribution >= 4 is 52.1 Å². The molecule has 56 heavy (non-hydrogen) atoms. The van der Waals surface area contributed by atoms with Crippen molar-refractivity contribution in [2.75, 3.05) is 50.6 Å². The van der Waals surface area contributed by atoms with E-state index in [1.54, 1.807) is 12.1 Å². The average Bonchev–Trinajstić information content (AvgIpc) is 3.18. The number of rotatable bonds is 28. The van der Waals surface area contributed by atoms with Crippen molar-refractivity contribution in [2.24, 2.45) is 11.7 Å². The van der Waals surface area contributed by atoms with Crippen LogP contribution in [-0.2, 0) is 35.2 Å². The number of anilines is 2. The molecule has 0 aliphatic carbocycles. The first-order valence-corrected chi connectivity index (χ1v) is 18.5. The molecule has 0 spiro atoms. The molecule has 3 aromatic rings. The van der Waals surface area contributed by atoms with Crippen molar-refractivity contribution in [1.29, 1.82) is 0 Å². The average molecular weight is 778 g/mol. The van der Waals surface area contributed by atoms with Gasteiger partial charge in [-0.05, 0) is 56.5 Å². The van der Waals surface area contributed by atoms with E-state index >= 15 is 0 Å². The normalized spacial score (nSPS) is 12.0. The fourth-order valence-corrected chi connectivity index (χ4v) is 5.45. The number of nitrogens with zero attached hydrogens (tertiary/aromatic N) is 3. The predicted octanol–water partition coefficient (Wildman–Crippen LogP) is 1.49. The lowest BCUT2D eigenvalue weighted by Crippen LogP contribution is -2.41. The third-order valence-electron chi connectivity index (χ3n) is 8.48. The summed E-state index contributed by atoms with van der Waals surface area (Å²) in [6.07, 6.45) is 10.1.